The van der Waals surface area contributed by atoms with Gasteiger partial charge in [-0.05, 0) is 0 Å². The zero-order valence-electron chi connectivity index (χ0n) is 11.1. The molecule has 0 aliphatic rings. The molecular weight excluding hydrogens is 385 g/mol. The van der Waals surface area contributed by atoms with E-state index in [9.17, 15) is 47.9 Å². The zero-order valence-corrected chi connectivity index (χ0v) is 12.0. The largest absolute Gasteiger partial charge is 0.460 e. The molecule has 24 heavy (non-hydrogen) atoms. The topological polar surface area (TPSA) is 74.8 Å². The Morgan fingerprint density at radius 2 is 1.54 bits per heavy atom. The number of sulfonamides is 1. The minimum atomic E-state index is -7.28. The molecule has 0 spiro atoms. The zero-order chi connectivity index (χ0) is 19.0. The van der Waals surface area contributed by atoms with Gasteiger partial charge >= 0.3 is 23.3 Å². The van der Waals surface area contributed by atoms with Crippen molar-refractivity contribution in [2.24, 2.45) is 0 Å². The Kier molecular flexibility index (Phi) is 5.21. The molecule has 0 unspecified atom stereocenters. The van der Waals surface area contributed by atoms with Gasteiger partial charge in [0.15, 0.2) is 0 Å². The Labute approximate surface area is 128 Å². The summed E-state index contributed by atoms with van der Waals surface area (Å²) in [5, 5.41) is -6.73. The number of H-pyrrole nitrogens is 1. The molecule has 0 aliphatic carbocycles. The molecule has 0 aromatic carbocycles. The van der Waals surface area contributed by atoms with Crippen LogP contribution in [0.2, 0.25) is 0 Å². The first-order valence-electron chi connectivity index (χ1n) is 5.74. The lowest BCUT2D eigenvalue weighted by molar-refractivity contribution is -0.382. The van der Waals surface area contributed by atoms with Gasteiger partial charge in [0, 0.05) is 24.9 Å². The van der Waals surface area contributed by atoms with E-state index in [1.165, 1.54) is 0 Å². The second-order valence-corrected chi connectivity index (χ2v) is 6.20. The average molecular weight is 393 g/mol. The molecule has 15 heteroatoms. The number of alkyl halides is 9. The van der Waals surface area contributed by atoms with Crippen LogP contribution >= 0.6 is 0 Å². The van der Waals surface area contributed by atoms with E-state index >= 15 is 0 Å². The first kappa shape index (κ1) is 20.5. The van der Waals surface area contributed by atoms with Gasteiger partial charge < -0.3 is 4.98 Å². The summed E-state index contributed by atoms with van der Waals surface area (Å²) in [5.41, 5.74) is 0.161. The van der Waals surface area contributed by atoms with Crippen molar-refractivity contribution in [1.29, 1.82) is 0 Å². The second kappa shape index (κ2) is 6.09. The number of aromatic nitrogens is 2. The molecule has 0 saturated heterocycles. The van der Waals surface area contributed by atoms with Crippen LogP contribution in [-0.2, 0) is 16.4 Å². The summed E-state index contributed by atoms with van der Waals surface area (Å²) in [4.78, 5) is 5.85. The van der Waals surface area contributed by atoms with Crippen molar-refractivity contribution in [2.75, 3.05) is 6.54 Å². The summed E-state index contributed by atoms with van der Waals surface area (Å²) < 4.78 is 137. The minimum Gasteiger partial charge on any atom is -0.348 e. The second-order valence-electron chi connectivity index (χ2n) is 4.39. The summed E-state index contributed by atoms with van der Waals surface area (Å²) in [6, 6.07) is 0. The molecule has 0 radical (unpaired) electrons. The third kappa shape index (κ3) is 3.31. The van der Waals surface area contributed by atoms with Crippen molar-refractivity contribution in [3.63, 3.8) is 0 Å². The lowest BCUT2D eigenvalue weighted by Crippen LogP contribution is -2.65. The number of nitrogens with zero attached hydrogens (tertiary/aromatic N) is 1. The van der Waals surface area contributed by atoms with Gasteiger partial charge in [-0.2, -0.15) is 39.5 Å². The van der Waals surface area contributed by atoms with Crippen LogP contribution in [0.1, 0.15) is 5.69 Å². The van der Waals surface area contributed by atoms with Gasteiger partial charge in [-0.25, -0.2) is 18.1 Å². The van der Waals surface area contributed by atoms with Gasteiger partial charge in [0.25, 0.3) is 10.0 Å². The predicted octanol–water partition coefficient (Wildman–Crippen LogP) is 2.30. The van der Waals surface area contributed by atoms with E-state index < -0.39 is 46.3 Å². The van der Waals surface area contributed by atoms with Crippen LogP contribution in [0.15, 0.2) is 12.5 Å². The van der Waals surface area contributed by atoms with E-state index in [0.717, 1.165) is 17.2 Å². The number of halogens is 9. The van der Waals surface area contributed by atoms with Crippen LogP contribution in [0.25, 0.3) is 0 Å². The Morgan fingerprint density at radius 3 is 1.96 bits per heavy atom. The molecule has 1 rings (SSSR count). The Morgan fingerprint density at radius 1 is 1.00 bits per heavy atom. The fourth-order valence-corrected chi connectivity index (χ4v) is 2.38. The highest BCUT2D eigenvalue weighted by Crippen LogP contribution is 2.54. The van der Waals surface area contributed by atoms with Crippen molar-refractivity contribution in [2.45, 2.75) is 29.7 Å². The van der Waals surface area contributed by atoms with Gasteiger partial charge in [0.1, 0.15) is 0 Å². The van der Waals surface area contributed by atoms with Gasteiger partial charge in [0.05, 0.1) is 6.33 Å². The number of hydrogen-bond acceptors (Lipinski definition) is 3. The van der Waals surface area contributed by atoms with Gasteiger partial charge in [-0.15, -0.1) is 0 Å². The smallest absolute Gasteiger partial charge is 0.348 e. The van der Waals surface area contributed by atoms with E-state index in [-0.39, 0.29) is 5.69 Å². The summed E-state index contributed by atoms with van der Waals surface area (Å²) in [7, 11) is -6.56. The first-order chi connectivity index (χ1) is 10.6. The first-order valence-corrected chi connectivity index (χ1v) is 7.23. The van der Waals surface area contributed by atoms with E-state index in [4.69, 9.17) is 0 Å². The summed E-state index contributed by atoms with van der Waals surface area (Å²) >= 11 is 0. The molecule has 0 amide bonds. The van der Waals surface area contributed by atoms with Crippen LogP contribution in [0.5, 0.6) is 0 Å². The van der Waals surface area contributed by atoms with Gasteiger partial charge in [0.2, 0.25) is 0 Å². The van der Waals surface area contributed by atoms with Crippen molar-refractivity contribution in [3.05, 3.63) is 18.2 Å². The quantitative estimate of drug-likeness (QED) is 0.699. The minimum absolute atomic E-state index is 0.161. The summed E-state index contributed by atoms with van der Waals surface area (Å²) in [6.07, 6.45) is -5.27. The Balaban J connectivity index is 3.02. The Bertz CT molecular complexity index is 654. The highest BCUT2D eigenvalue weighted by Gasteiger charge is 2.85. The number of imidazole rings is 1. The third-order valence-electron chi connectivity index (χ3n) is 2.69. The average Bonchev–Trinajstić information content (AvgIpc) is 2.89. The SMILES string of the molecule is O=S(=O)(NCCc1cnc[nH]1)C(F)(F)C(F)(F)C(F)(F)C(F)(F)F. The monoisotopic (exact) mass is 393 g/mol. The van der Waals surface area contributed by atoms with E-state index in [0.29, 0.717) is 0 Å². The molecule has 0 saturated carbocycles. The fraction of sp³-hybridized carbons (Fsp3) is 0.667. The molecule has 0 aliphatic heterocycles. The van der Waals surface area contributed by atoms with Gasteiger partial charge in [-0.1, -0.05) is 0 Å². The van der Waals surface area contributed by atoms with Crippen molar-refractivity contribution >= 4 is 10.0 Å². The number of aromatic amines is 1. The molecule has 5 nitrogen and oxygen atoms in total. The maximum Gasteiger partial charge on any atom is 0.460 e. The number of nitrogens with one attached hydrogen (secondary N) is 2. The molecule has 1 aromatic heterocycles. The molecule has 140 valence electrons. The van der Waals surface area contributed by atoms with Crippen LogP contribution < -0.4 is 4.72 Å². The van der Waals surface area contributed by atoms with E-state index in [2.05, 4.69) is 9.97 Å². The molecule has 1 aromatic rings. The van der Waals surface area contributed by atoms with Crippen LogP contribution in [0.4, 0.5) is 39.5 Å². The van der Waals surface area contributed by atoms with Crippen LogP contribution in [0.3, 0.4) is 0 Å². The Hall–Kier alpha value is -1.51. The number of hydrogen-bond donors (Lipinski definition) is 2. The lowest BCUT2D eigenvalue weighted by atomic mass is 10.1. The summed E-state index contributed by atoms with van der Waals surface area (Å²) in [5.74, 6) is -14.5. The van der Waals surface area contributed by atoms with Crippen molar-refractivity contribution in [3.8, 4) is 0 Å². The maximum atomic E-state index is 13.3. The standard InChI is InChI=1S/C9H8F9N3O2S/c10-6(11,8(14,15)16)7(12,13)9(17,18)24(22,23)21-2-1-5-3-19-4-20-5/h3-4,21H,1-2H2,(H,19,20). The summed E-state index contributed by atoms with van der Waals surface area (Å²) in [6.45, 7) is -0.978. The van der Waals surface area contributed by atoms with Gasteiger partial charge in [-0.3, -0.25) is 0 Å². The molecule has 0 fully saturated rings. The maximum absolute atomic E-state index is 13.3. The molecule has 1 heterocycles. The highest BCUT2D eigenvalue weighted by atomic mass is 32.2. The number of rotatable bonds is 7. The van der Waals surface area contributed by atoms with Crippen molar-refractivity contribution in [1.82, 2.24) is 14.7 Å². The molecule has 0 bridgehead atoms. The van der Waals surface area contributed by atoms with E-state index in [1.54, 1.807) is 0 Å². The van der Waals surface area contributed by atoms with Crippen molar-refractivity contribution < 1.29 is 47.9 Å². The lowest BCUT2D eigenvalue weighted by Gasteiger charge is -2.33. The molecule has 0 atom stereocenters. The van der Waals surface area contributed by atoms with Crippen LogP contribution in [-0.4, -0.2) is 48.2 Å². The third-order valence-corrected chi connectivity index (χ3v) is 4.21. The molecule has 2 N–H and O–H groups in total. The predicted molar refractivity (Wildman–Crippen MR) is 60.1 cm³/mol. The normalized spacial score (nSPS) is 14.9. The van der Waals surface area contributed by atoms with E-state index in [1.807, 2.05) is 0 Å². The van der Waals surface area contributed by atoms with Crippen LogP contribution in [0, 0.1) is 0 Å². The molecular formula is C9H8F9N3O2S. The fourth-order valence-electron chi connectivity index (χ4n) is 1.36. The highest BCUT2D eigenvalue weighted by molar-refractivity contribution is 7.90.